The van der Waals surface area contributed by atoms with Gasteiger partial charge in [-0.1, -0.05) is 384 Å². The summed E-state index contributed by atoms with van der Waals surface area (Å²) in [6, 6.07) is 0. The highest BCUT2D eigenvalue weighted by Gasteiger charge is 2.25. The van der Waals surface area contributed by atoms with Gasteiger partial charge in [0.15, 0.2) is 6.10 Å². The summed E-state index contributed by atoms with van der Waals surface area (Å²) in [5.74, 6) is -1.99. The third-order valence-electron chi connectivity index (χ3n) is 18.3. The van der Waals surface area contributed by atoms with E-state index in [0.29, 0.717) is 17.4 Å². The molecule has 0 heterocycles. The highest BCUT2D eigenvalue weighted by molar-refractivity contribution is 5.71. The molecule has 0 rings (SSSR count). The molecule has 9 nitrogen and oxygen atoms in total. The van der Waals surface area contributed by atoms with Crippen LogP contribution in [0, 0.1) is 0 Å². The van der Waals surface area contributed by atoms with Gasteiger partial charge in [-0.15, -0.1) is 0 Å². The highest BCUT2D eigenvalue weighted by Crippen LogP contribution is 2.19. The molecule has 0 radical (unpaired) electrons. The van der Waals surface area contributed by atoms with Crippen molar-refractivity contribution in [3.8, 4) is 0 Å². The lowest BCUT2D eigenvalue weighted by atomic mass is 10.0. The van der Waals surface area contributed by atoms with E-state index in [1.807, 2.05) is 21.1 Å². The summed E-state index contributed by atoms with van der Waals surface area (Å²) in [6.07, 6.45) is 120. The Labute approximate surface area is 635 Å². The van der Waals surface area contributed by atoms with Gasteiger partial charge in [-0.05, 0) is 122 Å². The molecule has 0 aliphatic carbocycles. The quantitative estimate of drug-likeness (QED) is 0.0211. The number of carbonyl (C=O) groups excluding carboxylic acids is 2. The van der Waals surface area contributed by atoms with Crippen molar-refractivity contribution in [2.45, 2.75) is 373 Å². The van der Waals surface area contributed by atoms with Crippen LogP contribution in [-0.4, -0.2) is 87.4 Å². The van der Waals surface area contributed by atoms with E-state index in [2.05, 4.69) is 172 Å². The summed E-state index contributed by atoms with van der Waals surface area (Å²) in [7, 11) is 5.99. The number of likely N-dealkylation sites (N-methyl/N-ethyl adjacent to an activating group) is 1. The largest absolute Gasteiger partial charge is 0.477 e. The Hall–Kier alpha value is -5.09. The molecule has 0 saturated carbocycles. The molecule has 0 aromatic heterocycles. The number of nitrogens with zero attached hydrogens (tertiary/aromatic N) is 1. The average Bonchev–Trinajstić information content (AvgIpc) is 1.01. The Kier molecular flexibility index (Phi) is 78.5. The molecular weight excluding hydrogens is 1270 g/mol. The number of carboxylic acids is 1. The van der Waals surface area contributed by atoms with Crippen LogP contribution in [0.2, 0.25) is 0 Å². The number of quaternary nitrogens is 1. The zero-order valence-corrected chi connectivity index (χ0v) is 67.4. The number of carbonyl (C=O) groups is 3. The maximum atomic E-state index is 13.0. The second-order valence-corrected chi connectivity index (χ2v) is 29.4. The zero-order chi connectivity index (χ0) is 74.6. The number of rotatable bonds is 78. The molecular formula is C94H160NO8+. The van der Waals surface area contributed by atoms with Crippen molar-refractivity contribution >= 4 is 17.9 Å². The first-order chi connectivity index (χ1) is 50.6. The SMILES string of the molecule is CC/C=C\C/C=C\C/C=C\C/C=C\C/C=C\C/C=C\C/C=C\CCCCCCCCCCCCCCCCCCCCCC(=O)OC(COC(=O)CCCCCCCCCCCCCCCCCCCC/C=C\C/C=C\C/C=C\C/C=C\C/C=C\C/C=C\CC)COC(OCC[N+](C)(C)C)C(=O)O. The first-order valence-corrected chi connectivity index (χ1v) is 42.6. The van der Waals surface area contributed by atoms with Crippen molar-refractivity contribution in [2.75, 3.05) is 47.5 Å². The van der Waals surface area contributed by atoms with Crippen molar-refractivity contribution < 1.29 is 42.9 Å². The minimum absolute atomic E-state index is 0.184. The summed E-state index contributed by atoms with van der Waals surface area (Å²) in [6.45, 7) is 4.68. The molecule has 0 bridgehead atoms. The standard InChI is InChI=1S/C94H159NO8/c1-6-8-10-12-14-16-18-20-22-24-26-28-30-32-34-36-38-40-42-44-45-46-47-49-51-53-55-57-59-61-63-65-67-69-71-73-75-77-79-81-83-85-92(97)103-90(89-102-94(93(98)99)100-87-86-95(3,4)5)88-101-91(96)84-82-80-78-76-74-72-70-68-66-64-62-60-58-56-54-52-50-48-43-41-39-37-35-33-31-29-27-25-23-21-19-17-15-13-11-9-7-2/h8-11,14-17,20-23,26-29,32-35,38-41,44-45,90,94H,6-7,12-13,18-19,24-25,30-31,36-37,42-43,46-89H2,1-5H3/p+1/b10-8-,11-9-,16-14-,17-15-,22-20-,23-21-,28-26-,29-27-,34-32-,35-33-,40-38-,41-39-,45-44-. The predicted molar refractivity (Wildman–Crippen MR) is 447 cm³/mol. The van der Waals surface area contributed by atoms with Crippen molar-refractivity contribution in [1.29, 1.82) is 0 Å². The number of aliphatic carboxylic acids is 1. The monoisotopic (exact) mass is 1430 g/mol. The molecule has 588 valence electrons. The normalized spacial score (nSPS) is 13.4. The predicted octanol–water partition coefficient (Wildman–Crippen LogP) is 27.9. The zero-order valence-electron chi connectivity index (χ0n) is 67.4. The van der Waals surface area contributed by atoms with E-state index in [1.54, 1.807) is 0 Å². The Bertz CT molecular complexity index is 2270. The number of esters is 2. The fourth-order valence-electron chi connectivity index (χ4n) is 11.9. The van der Waals surface area contributed by atoms with Crippen LogP contribution in [0.25, 0.3) is 0 Å². The third-order valence-corrected chi connectivity index (χ3v) is 18.3. The molecule has 0 aromatic carbocycles. The van der Waals surface area contributed by atoms with Crippen LogP contribution in [0.15, 0.2) is 158 Å². The van der Waals surface area contributed by atoms with Crippen LogP contribution in [0.1, 0.15) is 361 Å². The van der Waals surface area contributed by atoms with Crippen LogP contribution in [0.3, 0.4) is 0 Å². The number of allylic oxidation sites excluding steroid dienone is 26. The Morgan fingerprint density at radius 1 is 0.291 bits per heavy atom. The van der Waals surface area contributed by atoms with Crippen molar-refractivity contribution in [1.82, 2.24) is 0 Å². The average molecular weight is 1430 g/mol. The third kappa shape index (κ3) is 84.1. The number of carboxylic acid groups (broad SMARTS) is 1. The number of ether oxygens (including phenoxy) is 4. The van der Waals surface area contributed by atoms with E-state index in [4.69, 9.17) is 18.9 Å². The summed E-state index contributed by atoms with van der Waals surface area (Å²) in [5.41, 5.74) is 0. The Morgan fingerprint density at radius 3 is 0.777 bits per heavy atom. The molecule has 2 unspecified atom stereocenters. The Balaban J connectivity index is 3.99. The van der Waals surface area contributed by atoms with Gasteiger partial charge in [0.05, 0.1) is 34.4 Å². The van der Waals surface area contributed by atoms with E-state index < -0.39 is 24.3 Å². The lowest BCUT2D eigenvalue weighted by molar-refractivity contribution is -0.870. The van der Waals surface area contributed by atoms with Crippen molar-refractivity contribution in [3.05, 3.63) is 158 Å². The first kappa shape index (κ1) is 97.9. The Morgan fingerprint density at radius 2 is 0.524 bits per heavy atom. The highest BCUT2D eigenvalue weighted by atomic mass is 16.7. The fourth-order valence-corrected chi connectivity index (χ4v) is 11.9. The van der Waals surface area contributed by atoms with Crippen LogP contribution in [0.5, 0.6) is 0 Å². The number of hydrogen-bond donors (Lipinski definition) is 1. The topological polar surface area (TPSA) is 108 Å². The van der Waals surface area contributed by atoms with Gasteiger partial charge in [0.25, 0.3) is 6.29 Å². The minimum Gasteiger partial charge on any atom is -0.477 e. The van der Waals surface area contributed by atoms with Crippen LogP contribution in [0.4, 0.5) is 0 Å². The summed E-state index contributed by atoms with van der Waals surface area (Å²) in [5, 5.41) is 9.79. The van der Waals surface area contributed by atoms with Crippen LogP contribution >= 0.6 is 0 Å². The van der Waals surface area contributed by atoms with E-state index in [0.717, 1.165) is 122 Å². The molecule has 2 atom stereocenters. The summed E-state index contributed by atoms with van der Waals surface area (Å²) < 4.78 is 23.1. The van der Waals surface area contributed by atoms with E-state index in [-0.39, 0.29) is 32.2 Å². The van der Waals surface area contributed by atoms with Crippen LogP contribution < -0.4 is 0 Å². The van der Waals surface area contributed by atoms with Crippen molar-refractivity contribution in [2.24, 2.45) is 0 Å². The minimum atomic E-state index is -1.52. The maximum absolute atomic E-state index is 13.0. The first-order valence-electron chi connectivity index (χ1n) is 42.6. The fraction of sp³-hybridized carbons (Fsp3) is 0.691. The second kappa shape index (κ2) is 82.6. The van der Waals surface area contributed by atoms with Gasteiger partial charge in [-0.25, -0.2) is 4.79 Å². The molecule has 0 spiro atoms. The van der Waals surface area contributed by atoms with E-state index >= 15 is 0 Å². The van der Waals surface area contributed by atoms with Gasteiger partial charge in [-0.3, -0.25) is 9.59 Å². The lowest BCUT2D eigenvalue weighted by Crippen LogP contribution is -2.40. The van der Waals surface area contributed by atoms with Crippen molar-refractivity contribution in [3.63, 3.8) is 0 Å². The number of unbranched alkanes of at least 4 members (excludes halogenated alkanes) is 37. The smallest absolute Gasteiger partial charge is 0.361 e. The van der Waals surface area contributed by atoms with Crippen LogP contribution in [-0.2, 0) is 33.3 Å². The van der Waals surface area contributed by atoms with E-state index in [9.17, 15) is 19.5 Å². The number of hydrogen-bond acceptors (Lipinski definition) is 7. The molecule has 0 aliphatic rings. The molecule has 1 N–H and O–H groups in total. The molecule has 0 aliphatic heterocycles. The van der Waals surface area contributed by atoms with Gasteiger partial charge < -0.3 is 28.5 Å². The maximum Gasteiger partial charge on any atom is 0.361 e. The summed E-state index contributed by atoms with van der Waals surface area (Å²) in [4.78, 5) is 37.8. The molecule has 0 amide bonds. The van der Waals surface area contributed by atoms with Gasteiger partial charge in [-0.2, -0.15) is 0 Å². The molecule has 0 aromatic rings. The second-order valence-electron chi connectivity index (χ2n) is 29.4. The molecule has 103 heavy (non-hydrogen) atoms. The van der Waals surface area contributed by atoms with Gasteiger partial charge in [0.2, 0.25) is 0 Å². The van der Waals surface area contributed by atoms with Gasteiger partial charge in [0.1, 0.15) is 13.2 Å². The van der Waals surface area contributed by atoms with E-state index in [1.165, 1.54) is 212 Å². The summed E-state index contributed by atoms with van der Waals surface area (Å²) >= 11 is 0. The van der Waals surface area contributed by atoms with Gasteiger partial charge in [0, 0.05) is 12.8 Å². The lowest BCUT2D eigenvalue weighted by Gasteiger charge is -2.25. The molecule has 9 heteroatoms. The van der Waals surface area contributed by atoms with Gasteiger partial charge >= 0.3 is 17.9 Å². The molecule has 0 saturated heterocycles. The molecule has 0 fully saturated rings.